The van der Waals surface area contributed by atoms with E-state index in [-0.39, 0.29) is 24.8 Å². The van der Waals surface area contributed by atoms with Gasteiger partial charge in [0.1, 0.15) is 12.4 Å². The summed E-state index contributed by atoms with van der Waals surface area (Å²) in [4.78, 5) is 24.1. The lowest BCUT2D eigenvalue weighted by Gasteiger charge is -2.11. The lowest BCUT2D eigenvalue weighted by atomic mass is 10.2. The maximum absolute atomic E-state index is 12.3. The fourth-order valence-electron chi connectivity index (χ4n) is 2.57. The van der Waals surface area contributed by atoms with E-state index >= 15 is 0 Å². The Morgan fingerprint density at radius 1 is 1.11 bits per heavy atom. The number of urea groups is 1. The molecule has 0 fully saturated rings. The average Bonchev–Trinajstić information content (AvgIpc) is 3.12. The summed E-state index contributed by atoms with van der Waals surface area (Å²) in [7, 11) is 0. The van der Waals surface area contributed by atoms with E-state index in [0.29, 0.717) is 41.7 Å². The van der Waals surface area contributed by atoms with Gasteiger partial charge < -0.3 is 30.2 Å². The zero-order valence-electron chi connectivity index (χ0n) is 15.8. The Kier molecular flexibility index (Phi) is 6.21. The summed E-state index contributed by atoms with van der Waals surface area (Å²) in [5, 5.41) is 8.22. The van der Waals surface area contributed by atoms with E-state index in [9.17, 15) is 9.59 Å². The average molecular weight is 385 g/mol. The molecule has 28 heavy (non-hydrogen) atoms. The summed E-state index contributed by atoms with van der Waals surface area (Å²) in [5.41, 5.74) is 0.993. The predicted octanol–water partition coefficient (Wildman–Crippen LogP) is 2.75. The number of amides is 3. The minimum Gasteiger partial charge on any atom is -0.492 e. The molecule has 0 aromatic heterocycles. The summed E-state index contributed by atoms with van der Waals surface area (Å²) >= 11 is 0. The maximum atomic E-state index is 12.3. The maximum Gasteiger partial charge on any atom is 0.319 e. The number of hydrogen-bond acceptors (Lipinski definition) is 5. The van der Waals surface area contributed by atoms with Crippen molar-refractivity contribution in [1.29, 1.82) is 0 Å². The Morgan fingerprint density at radius 3 is 2.75 bits per heavy atom. The molecule has 8 nitrogen and oxygen atoms in total. The van der Waals surface area contributed by atoms with Crippen LogP contribution in [0.3, 0.4) is 0 Å². The topological polar surface area (TPSA) is 97.9 Å². The van der Waals surface area contributed by atoms with Gasteiger partial charge in [-0.2, -0.15) is 0 Å². The molecule has 8 heteroatoms. The minimum absolute atomic E-state index is 0.0243. The van der Waals surface area contributed by atoms with E-state index in [1.54, 1.807) is 42.5 Å². The number of carbonyl (C=O) groups excluding carboxylic acids is 2. The van der Waals surface area contributed by atoms with Crippen LogP contribution in [-0.4, -0.2) is 37.9 Å². The van der Waals surface area contributed by atoms with Crippen molar-refractivity contribution in [3.05, 3.63) is 48.0 Å². The summed E-state index contributed by atoms with van der Waals surface area (Å²) in [6.07, 6.45) is 0. The van der Waals surface area contributed by atoms with Gasteiger partial charge in [-0.3, -0.25) is 4.79 Å². The molecule has 0 bridgehead atoms. The van der Waals surface area contributed by atoms with Gasteiger partial charge in [0.2, 0.25) is 6.79 Å². The second kappa shape index (κ2) is 8.98. The molecular formula is C20H23N3O5. The van der Waals surface area contributed by atoms with Crippen LogP contribution in [0, 0.1) is 0 Å². The van der Waals surface area contributed by atoms with Gasteiger partial charge in [-0.15, -0.1) is 0 Å². The molecule has 0 saturated heterocycles. The molecule has 0 aliphatic carbocycles. The number of carbonyl (C=O) groups is 2. The molecular weight excluding hydrogens is 362 g/mol. The van der Waals surface area contributed by atoms with Crippen molar-refractivity contribution in [3.8, 4) is 17.2 Å². The van der Waals surface area contributed by atoms with Crippen molar-refractivity contribution < 1.29 is 23.8 Å². The van der Waals surface area contributed by atoms with Gasteiger partial charge in [-0.25, -0.2) is 4.79 Å². The van der Waals surface area contributed by atoms with E-state index in [2.05, 4.69) is 16.0 Å². The third-order valence-electron chi connectivity index (χ3n) is 3.80. The molecule has 148 valence electrons. The summed E-state index contributed by atoms with van der Waals surface area (Å²) in [6.45, 7) is 4.59. The quantitative estimate of drug-likeness (QED) is 0.637. The SMILES string of the molecule is CC(C)NC(=O)Nc1cccc(C(=O)NCCOc2ccc3c(c2)OCO3)c1. The van der Waals surface area contributed by atoms with Crippen LogP contribution < -0.4 is 30.2 Å². The first-order valence-electron chi connectivity index (χ1n) is 8.99. The molecule has 2 aromatic rings. The molecule has 0 saturated carbocycles. The highest BCUT2D eigenvalue weighted by Crippen LogP contribution is 2.34. The van der Waals surface area contributed by atoms with Gasteiger partial charge in [0, 0.05) is 23.4 Å². The van der Waals surface area contributed by atoms with Crippen LogP contribution in [0.1, 0.15) is 24.2 Å². The predicted molar refractivity (Wildman–Crippen MR) is 104 cm³/mol. The van der Waals surface area contributed by atoms with Crippen molar-refractivity contribution >= 4 is 17.6 Å². The number of hydrogen-bond donors (Lipinski definition) is 3. The second-order valence-electron chi connectivity index (χ2n) is 6.45. The lowest BCUT2D eigenvalue weighted by Crippen LogP contribution is -2.34. The van der Waals surface area contributed by atoms with Crippen molar-refractivity contribution in [2.75, 3.05) is 25.3 Å². The highest BCUT2D eigenvalue weighted by atomic mass is 16.7. The Morgan fingerprint density at radius 2 is 1.93 bits per heavy atom. The first-order valence-corrected chi connectivity index (χ1v) is 8.99. The van der Waals surface area contributed by atoms with Crippen LogP contribution >= 0.6 is 0 Å². The van der Waals surface area contributed by atoms with E-state index in [0.717, 1.165) is 0 Å². The van der Waals surface area contributed by atoms with E-state index in [1.807, 2.05) is 13.8 Å². The standard InChI is InChI=1S/C20H23N3O5/c1-13(2)22-20(25)23-15-5-3-4-14(10-15)19(24)21-8-9-26-16-6-7-17-18(11-16)28-12-27-17/h3-7,10-11,13H,8-9,12H2,1-2H3,(H,21,24)(H2,22,23,25). The smallest absolute Gasteiger partial charge is 0.319 e. The molecule has 0 unspecified atom stereocenters. The van der Waals surface area contributed by atoms with Crippen molar-refractivity contribution in [2.45, 2.75) is 19.9 Å². The minimum atomic E-state index is -0.315. The number of fused-ring (bicyclic) bond motifs is 1. The first-order chi connectivity index (χ1) is 13.5. The highest BCUT2D eigenvalue weighted by Gasteiger charge is 2.14. The highest BCUT2D eigenvalue weighted by molar-refractivity contribution is 5.96. The van der Waals surface area contributed by atoms with Gasteiger partial charge in [0.15, 0.2) is 11.5 Å². The third-order valence-corrected chi connectivity index (χ3v) is 3.80. The number of rotatable bonds is 7. The number of ether oxygens (including phenoxy) is 3. The number of anilines is 1. The fraction of sp³-hybridized carbons (Fsp3) is 0.300. The normalized spacial score (nSPS) is 11.8. The van der Waals surface area contributed by atoms with Gasteiger partial charge in [0.05, 0.1) is 6.54 Å². The van der Waals surface area contributed by atoms with Crippen molar-refractivity contribution in [2.24, 2.45) is 0 Å². The van der Waals surface area contributed by atoms with E-state index in [1.165, 1.54) is 0 Å². The van der Waals surface area contributed by atoms with E-state index < -0.39 is 0 Å². The molecule has 3 amide bonds. The molecule has 1 aliphatic heterocycles. The molecule has 2 aromatic carbocycles. The molecule has 3 N–H and O–H groups in total. The van der Waals surface area contributed by atoms with E-state index in [4.69, 9.17) is 14.2 Å². The monoisotopic (exact) mass is 385 g/mol. The van der Waals surface area contributed by atoms with Crippen molar-refractivity contribution in [1.82, 2.24) is 10.6 Å². The number of benzene rings is 2. The largest absolute Gasteiger partial charge is 0.492 e. The van der Waals surface area contributed by atoms with Crippen LogP contribution in [-0.2, 0) is 0 Å². The Bertz CT molecular complexity index is 853. The number of nitrogens with one attached hydrogen (secondary N) is 3. The second-order valence-corrected chi connectivity index (χ2v) is 6.45. The Balaban J connectivity index is 1.45. The van der Waals surface area contributed by atoms with Crippen LogP contribution in [0.25, 0.3) is 0 Å². The summed E-state index contributed by atoms with van der Waals surface area (Å²) in [5.74, 6) is 1.73. The Hall–Kier alpha value is -3.42. The van der Waals surface area contributed by atoms with Crippen LogP contribution in [0.4, 0.5) is 10.5 Å². The lowest BCUT2D eigenvalue weighted by molar-refractivity contribution is 0.0947. The zero-order chi connectivity index (χ0) is 19.9. The summed E-state index contributed by atoms with van der Waals surface area (Å²) in [6, 6.07) is 11.8. The Labute approximate surface area is 163 Å². The van der Waals surface area contributed by atoms with Gasteiger partial charge >= 0.3 is 6.03 Å². The molecule has 3 rings (SSSR count). The molecule has 0 atom stereocenters. The van der Waals surface area contributed by atoms with Gasteiger partial charge in [0.25, 0.3) is 5.91 Å². The van der Waals surface area contributed by atoms with Crippen LogP contribution in [0.15, 0.2) is 42.5 Å². The van der Waals surface area contributed by atoms with Crippen LogP contribution in [0.5, 0.6) is 17.2 Å². The van der Waals surface area contributed by atoms with Gasteiger partial charge in [-0.1, -0.05) is 6.07 Å². The summed E-state index contributed by atoms with van der Waals surface area (Å²) < 4.78 is 16.2. The van der Waals surface area contributed by atoms with Crippen molar-refractivity contribution in [3.63, 3.8) is 0 Å². The van der Waals surface area contributed by atoms with Gasteiger partial charge in [-0.05, 0) is 44.2 Å². The molecule has 1 aliphatic rings. The zero-order valence-corrected chi connectivity index (χ0v) is 15.8. The molecule has 1 heterocycles. The molecule has 0 spiro atoms. The third kappa shape index (κ3) is 5.29. The fourth-order valence-corrected chi connectivity index (χ4v) is 2.57. The molecule has 0 radical (unpaired) electrons. The first kappa shape index (κ1) is 19.3. The van der Waals surface area contributed by atoms with Crippen LogP contribution in [0.2, 0.25) is 0 Å².